The van der Waals surface area contributed by atoms with Gasteiger partial charge in [0.1, 0.15) is 18.1 Å². The highest BCUT2D eigenvalue weighted by molar-refractivity contribution is 7.13. The standard InChI is InChI=1S/C16H12N2O5S/c19-15(18-16-17-5-6-24-16)13-4-2-11(23-13)8-20-10-1-3-12-14(7-10)22-9-21-12/h1-7H,8-9H2,(H,17,18,19). The molecular weight excluding hydrogens is 332 g/mol. The number of aromatic nitrogens is 1. The number of anilines is 1. The number of nitrogens with zero attached hydrogens (tertiary/aromatic N) is 1. The van der Waals surface area contributed by atoms with E-state index in [1.54, 1.807) is 41.9 Å². The molecule has 1 N–H and O–H groups in total. The van der Waals surface area contributed by atoms with Crippen molar-refractivity contribution in [3.05, 3.63) is 53.4 Å². The summed E-state index contributed by atoms with van der Waals surface area (Å²) >= 11 is 1.34. The highest BCUT2D eigenvalue weighted by atomic mass is 32.1. The molecule has 0 saturated carbocycles. The molecule has 24 heavy (non-hydrogen) atoms. The fourth-order valence-corrected chi connectivity index (χ4v) is 2.67. The Bertz CT molecular complexity index is 859. The van der Waals surface area contributed by atoms with E-state index in [-0.39, 0.29) is 25.1 Å². The quantitative estimate of drug-likeness (QED) is 0.765. The van der Waals surface area contributed by atoms with Gasteiger partial charge in [-0.25, -0.2) is 4.98 Å². The molecule has 2 aromatic heterocycles. The number of hydrogen-bond donors (Lipinski definition) is 1. The maximum Gasteiger partial charge on any atom is 0.293 e. The molecule has 1 aromatic carbocycles. The minimum absolute atomic E-state index is 0.199. The average molecular weight is 344 g/mol. The Morgan fingerprint density at radius 3 is 3.04 bits per heavy atom. The first-order chi connectivity index (χ1) is 11.8. The third kappa shape index (κ3) is 3.04. The number of fused-ring (bicyclic) bond motifs is 1. The number of nitrogens with one attached hydrogen (secondary N) is 1. The molecule has 3 aromatic rings. The van der Waals surface area contributed by atoms with Crippen molar-refractivity contribution < 1.29 is 23.4 Å². The molecule has 0 bridgehead atoms. The second-order valence-electron chi connectivity index (χ2n) is 4.86. The highest BCUT2D eigenvalue weighted by Crippen LogP contribution is 2.35. The van der Waals surface area contributed by atoms with Crippen LogP contribution in [0.15, 0.2) is 46.3 Å². The van der Waals surface area contributed by atoms with E-state index in [2.05, 4.69) is 10.3 Å². The zero-order valence-corrected chi connectivity index (χ0v) is 13.2. The number of carbonyl (C=O) groups is 1. The van der Waals surface area contributed by atoms with E-state index in [1.807, 2.05) is 0 Å². The Labute approximate surface area is 140 Å². The molecule has 1 aliphatic heterocycles. The van der Waals surface area contributed by atoms with Crippen molar-refractivity contribution in [3.8, 4) is 17.2 Å². The van der Waals surface area contributed by atoms with Crippen molar-refractivity contribution in [3.63, 3.8) is 0 Å². The Morgan fingerprint density at radius 2 is 2.17 bits per heavy atom. The van der Waals surface area contributed by atoms with Crippen molar-refractivity contribution >= 4 is 22.4 Å². The van der Waals surface area contributed by atoms with E-state index in [9.17, 15) is 4.79 Å². The summed E-state index contributed by atoms with van der Waals surface area (Å²) in [5.41, 5.74) is 0. The van der Waals surface area contributed by atoms with E-state index < -0.39 is 0 Å². The number of thiazole rings is 1. The van der Waals surface area contributed by atoms with E-state index in [0.29, 0.717) is 28.1 Å². The molecule has 0 aliphatic carbocycles. The molecule has 0 atom stereocenters. The average Bonchev–Trinajstić information content (AvgIpc) is 3.33. The number of carbonyl (C=O) groups excluding carboxylic acids is 1. The molecule has 4 rings (SSSR count). The topological polar surface area (TPSA) is 82.8 Å². The summed E-state index contributed by atoms with van der Waals surface area (Å²) in [4.78, 5) is 16.0. The van der Waals surface area contributed by atoms with Crippen molar-refractivity contribution in [1.29, 1.82) is 0 Å². The van der Waals surface area contributed by atoms with E-state index in [4.69, 9.17) is 18.6 Å². The summed E-state index contributed by atoms with van der Waals surface area (Å²) in [5, 5.41) is 4.96. The maximum atomic E-state index is 12.0. The van der Waals surface area contributed by atoms with Gasteiger partial charge in [0.15, 0.2) is 22.4 Å². The van der Waals surface area contributed by atoms with Gasteiger partial charge in [0.25, 0.3) is 5.91 Å². The predicted molar refractivity (Wildman–Crippen MR) is 85.7 cm³/mol. The number of benzene rings is 1. The van der Waals surface area contributed by atoms with Crippen LogP contribution < -0.4 is 19.5 Å². The molecule has 1 aliphatic rings. The molecular formula is C16H12N2O5S. The first kappa shape index (κ1) is 14.6. The van der Waals surface area contributed by atoms with Crippen molar-refractivity contribution in [1.82, 2.24) is 4.98 Å². The lowest BCUT2D eigenvalue weighted by atomic mass is 10.3. The van der Waals surface area contributed by atoms with Gasteiger partial charge in [0, 0.05) is 17.6 Å². The number of ether oxygens (including phenoxy) is 3. The second-order valence-corrected chi connectivity index (χ2v) is 5.76. The third-order valence-corrected chi connectivity index (χ3v) is 3.95. The molecule has 0 spiro atoms. The summed E-state index contributed by atoms with van der Waals surface area (Å²) in [6.07, 6.45) is 1.62. The highest BCUT2D eigenvalue weighted by Gasteiger charge is 2.15. The first-order valence-electron chi connectivity index (χ1n) is 7.10. The summed E-state index contributed by atoms with van der Waals surface area (Å²) < 4.78 is 21.7. The fraction of sp³-hybridized carbons (Fsp3) is 0.125. The van der Waals surface area contributed by atoms with Crippen LogP contribution in [0.3, 0.4) is 0 Å². The molecule has 3 heterocycles. The van der Waals surface area contributed by atoms with Gasteiger partial charge in [-0.1, -0.05) is 0 Å². The summed E-state index contributed by atoms with van der Waals surface area (Å²) in [6.45, 7) is 0.415. The summed E-state index contributed by atoms with van der Waals surface area (Å²) in [6, 6.07) is 8.62. The van der Waals surface area contributed by atoms with Crippen LogP contribution in [0.1, 0.15) is 16.3 Å². The van der Waals surface area contributed by atoms with Gasteiger partial charge < -0.3 is 18.6 Å². The lowest BCUT2D eigenvalue weighted by molar-refractivity contribution is 0.0992. The Morgan fingerprint density at radius 1 is 1.25 bits per heavy atom. The molecule has 0 fully saturated rings. The van der Waals surface area contributed by atoms with Crippen molar-refractivity contribution in [2.24, 2.45) is 0 Å². The number of amides is 1. The van der Waals surface area contributed by atoms with Crippen LogP contribution in [-0.2, 0) is 6.61 Å². The lowest BCUT2D eigenvalue weighted by Gasteiger charge is -2.05. The van der Waals surface area contributed by atoms with Gasteiger partial charge in [-0.2, -0.15) is 0 Å². The van der Waals surface area contributed by atoms with Crippen molar-refractivity contribution in [2.45, 2.75) is 6.61 Å². The van der Waals surface area contributed by atoms with E-state index >= 15 is 0 Å². The number of furan rings is 1. The Balaban J connectivity index is 1.37. The Hall–Kier alpha value is -3.00. The number of rotatable bonds is 5. The first-order valence-corrected chi connectivity index (χ1v) is 7.98. The van der Waals surface area contributed by atoms with E-state index in [0.717, 1.165) is 0 Å². The number of hydrogen-bond acceptors (Lipinski definition) is 7. The largest absolute Gasteiger partial charge is 0.486 e. The molecule has 0 unspecified atom stereocenters. The fourth-order valence-electron chi connectivity index (χ4n) is 2.14. The van der Waals surface area contributed by atoms with Crippen LogP contribution in [0.5, 0.6) is 17.2 Å². The van der Waals surface area contributed by atoms with Crippen LogP contribution in [0.25, 0.3) is 0 Å². The van der Waals surface area contributed by atoms with Gasteiger partial charge in [-0.05, 0) is 24.3 Å². The van der Waals surface area contributed by atoms with Gasteiger partial charge in [-0.3, -0.25) is 10.1 Å². The smallest absolute Gasteiger partial charge is 0.293 e. The molecule has 7 nitrogen and oxygen atoms in total. The van der Waals surface area contributed by atoms with Gasteiger partial charge >= 0.3 is 0 Å². The zero-order chi connectivity index (χ0) is 16.4. The minimum atomic E-state index is -0.348. The lowest BCUT2D eigenvalue weighted by Crippen LogP contribution is -2.10. The van der Waals surface area contributed by atoms with Crippen LogP contribution in [0, 0.1) is 0 Å². The maximum absolute atomic E-state index is 12.0. The zero-order valence-electron chi connectivity index (χ0n) is 12.4. The van der Waals surface area contributed by atoms with Crippen LogP contribution in [0.2, 0.25) is 0 Å². The molecule has 0 saturated heterocycles. The summed E-state index contributed by atoms with van der Waals surface area (Å²) in [7, 11) is 0. The molecule has 8 heteroatoms. The molecule has 1 amide bonds. The van der Waals surface area contributed by atoms with Crippen LogP contribution in [-0.4, -0.2) is 17.7 Å². The van der Waals surface area contributed by atoms with Crippen LogP contribution >= 0.6 is 11.3 Å². The Kier molecular flexibility index (Phi) is 3.80. The summed E-state index contributed by atoms with van der Waals surface area (Å²) in [5.74, 6) is 2.37. The SMILES string of the molecule is O=C(Nc1nccs1)c1ccc(COc2ccc3c(c2)OCO3)o1. The monoisotopic (exact) mass is 344 g/mol. The van der Waals surface area contributed by atoms with Crippen molar-refractivity contribution in [2.75, 3.05) is 12.1 Å². The second kappa shape index (κ2) is 6.25. The molecule has 122 valence electrons. The normalized spacial score (nSPS) is 12.2. The van der Waals surface area contributed by atoms with Gasteiger partial charge in [0.2, 0.25) is 6.79 Å². The molecule has 0 radical (unpaired) electrons. The van der Waals surface area contributed by atoms with E-state index in [1.165, 1.54) is 11.3 Å². The van der Waals surface area contributed by atoms with Gasteiger partial charge in [-0.15, -0.1) is 11.3 Å². The van der Waals surface area contributed by atoms with Gasteiger partial charge in [0.05, 0.1) is 0 Å². The van der Waals surface area contributed by atoms with Crippen LogP contribution in [0.4, 0.5) is 5.13 Å². The third-order valence-electron chi connectivity index (χ3n) is 3.26. The minimum Gasteiger partial charge on any atom is -0.486 e. The predicted octanol–water partition coefficient (Wildman–Crippen LogP) is 3.30.